The predicted molar refractivity (Wildman–Crippen MR) is 238 cm³/mol. The second-order valence-corrected chi connectivity index (χ2v) is 15.4. The van der Waals surface area contributed by atoms with Gasteiger partial charge in [-0.05, 0) is 91.0 Å². The zero-order valence-corrected chi connectivity index (χ0v) is 32.0. The van der Waals surface area contributed by atoms with E-state index in [-0.39, 0.29) is 5.41 Å². The summed E-state index contributed by atoms with van der Waals surface area (Å²) >= 11 is 0. The van der Waals surface area contributed by atoms with Crippen molar-refractivity contribution in [2.75, 3.05) is 0 Å². The Kier molecular flexibility index (Phi) is 8.53. The van der Waals surface area contributed by atoms with Gasteiger partial charge in [0, 0.05) is 22.1 Å². The second-order valence-electron chi connectivity index (χ2n) is 15.4. The van der Waals surface area contributed by atoms with Crippen molar-refractivity contribution < 1.29 is 0 Å². The molecule has 1 aliphatic carbocycles. The number of aromatic nitrogens is 2. The fourth-order valence-corrected chi connectivity index (χ4v) is 8.47. The van der Waals surface area contributed by atoms with Crippen LogP contribution in [-0.2, 0) is 5.41 Å². The summed E-state index contributed by atoms with van der Waals surface area (Å²) in [6.07, 6.45) is 0. The summed E-state index contributed by atoms with van der Waals surface area (Å²) < 4.78 is 0. The molecule has 0 spiro atoms. The lowest BCUT2D eigenvalue weighted by Gasteiger charge is -2.23. The molecule has 0 radical (unpaired) electrons. The Morgan fingerprint density at radius 1 is 0.281 bits per heavy atom. The molecule has 8 aromatic carbocycles. The van der Waals surface area contributed by atoms with Crippen LogP contribution in [0.4, 0.5) is 0 Å². The van der Waals surface area contributed by atoms with Crippen LogP contribution in [0.15, 0.2) is 206 Å². The van der Waals surface area contributed by atoms with Crippen LogP contribution in [0, 0.1) is 0 Å². The number of hydrogen-bond donors (Lipinski definition) is 0. The molecular formula is C55H40N2. The molecular weight excluding hydrogens is 689 g/mol. The first-order chi connectivity index (χ1) is 28.0. The summed E-state index contributed by atoms with van der Waals surface area (Å²) in [5.41, 5.74) is 19.8. The average Bonchev–Trinajstić information content (AvgIpc) is 3.51. The Morgan fingerprint density at radius 3 is 1.32 bits per heavy atom. The van der Waals surface area contributed by atoms with Crippen molar-refractivity contribution in [2.45, 2.75) is 19.3 Å². The Morgan fingerprint density at radius 2 is 0.719 bits per heavy atom. The quantitative estimate of drug-likeness (QED) is 0.163. The summed E-state index contributed by atoms with van der Waals surface area (Å²) in [5, 5.41) is 0. The third-order valence-corrected chi connectivity index (χ3v) is 11.5. The highest BCUT2D eigenvalue weighted by atomic mass is 14.9. The fraction of sp³-hybridized carbons (Fsp3) is 0.0545. The average molecular weight is 729 g/mol. The van der Waals surface area contributed by atoms with Gasteiger partial charge in [0.25, 0.3) is 0 Å². The van der Waals surface area contributed by atoms with Gasteiger partial charge in [0.15, 0.2) is 5.82 Å². The van der Waals surface area contributed by atoms with Gasteiger partial charge in [0.2, 0.25) is 0 Å². The van der Waals surface area contributed by atoms with Gasteiger partial charge in [0.1, 0.15) is 0 Å². The van der Waals surface area contributed by atoms with Crippen LogP contribution in [-0.4, -0.2) is 9.97 Å². The zero-order chi connectivity index (χ0) is 38.3. The third-order valence-electron chi connectivity index (χ3n) is 11.5. The SMILES string of the molecule is CC1(C)c2ccccc2-c2cc(-c3ccc(-c4ccccc4)cc3)c(-c3ccc(-c4cccc(-c5nc(-c6ccccc6)cc(-c6ccccc6)n5)c4)cc3)cc21. The minimum absolute atomic E-state index is 0.100. The van der Waals surface area contributed by atoms with Crippen LogP contribution in [0.25, 0.3) is 89.5 Å². The molecule has 2 nitrogen and oxygen atoms in total. The van der Waals surface area contributed by atoms with E-state index in [9.17, 15) is 0 Å². The molecule has 1 aliphatic rings. The lowest BCUT2D eigenvalue weighted by atomic mass is 9.80. The molecule has 2 heteroatoms. The van der Waals surface area contributed by atoms with E-state index in [1.807, 2.05) is 12.1 Å². The first-order valence-electron chi connectivity index (χ1n) is 19.6. The number of fused-ring (bicyclic) bond motifs is 3. The Hall–Kier alpha value is -7.16. The van der Waals surface area contributed by atoms with Crippen molar-refractivity contribution in [3.63, 3.8) is 0 Å². The van der Waals surface area contributed by atoms with Crippen molar-refractivity contribution in [1.82, 2.24) is 9.97 Å². The van der Waals surface area contributed by atoms with Gasteiger partial charge >= 0.3 is 0 Å². The normalized spacial score (nSPS) is 12.5. The van der Waals surface area contributed by atoms with Crippen molar-refractivity contribution in [1.29, 1.82) is 0 Å². The first-order valence-corrected chi connectivity index (χ1v) is 19.6. The van der Waals surface area contributed by atoms with E-state index in [0.29, 0.717) is 5.82 Å². The van der Waals surface area contributed by atoms with Crippen LogP contribution in [0.5, 0.6) is 0 Å². The maximum atomic E-state index is 5.09. The number of benzene rings is 8. The van der Waals surface area contributed by atoms with Crippen LogP contribution in [0.2, 0.25) is 0 Å². The van der Waals surface area contributed by atoms with Gasteiger partial charge in [-0.15, -0.1) is 0 Å². The lowest BCUT2D eigenvalue weighted by Crippen LogP contribution is -2.15. The summed E-state index contributed by atoms with van der Waals surface area (Å²) in [4.78, 5) is 10.2. The largest absolute Gasteiger partial charge is 0.228 e. The highest BCUT2D eigenvalue weighted by Crippen LogP contribution is 2.52. The van der Waals surface area contributed by atoms with Crippen LogP contribution < -0.4 is 0 Å². The summed E-state index contributed by atoms with van der Waals surface area (Å²) in [6, 6.07) is 73.8. The van der Waals surface area contributed by atoms with Crippen molar-refractivity contribution >= 4 is 0 Å². The van der Waals surface area contributed by atoms with E-state index in [0.717, 1.165) is 39.2 Å². The van der Waals surface area contributed by atoms with Gasteiger partial charge in [0.05, 0.1) is 11.4 Å². The molecule has 270 valence electrons. The van der Waals surface area contributed by atoms with Crippen LogP contribution in [0.1, 0.15) is 25.0 Å². The van der Waals surface area contributed by atoms with E-state index in [1.165, 1.54) is 55.6 Å². The van der Waals surface area contributed by atoms with E-state index >= 15 is 0 Å². The molecule has 0 N–H and O–H groups in total. The summed E-state index contributed by atoms with van der Waals surface area (Å²) in [6.45, 7) is 4.71. The Labute approximate surface area is 334 Å². The van der Waals surface area contributed by atoms with Crippen LogP contribution in [0.3, 0.4) is 0 Å². The minimum atomic E-state index is -0.100. The molecule has 1 heterocycles. The fourth-order valence-electron chi connectivity index (χ4n) is 8.47. The van der Waals surface area contributed by atoms with Gasteiger partial charge in [-0.2, -0.15) is 0 Å². The monoisotopic (exact) mass is 728 g/mol. The maximum absolute atomic E-state index is 5.09. The number of nitrogens with zero attached hydrogens (tertiary/aromatic N) is 2. The maximum Gasteiger partial charge on any atom is 0.160 e. The van der Waals surface area contributed by atoms with Crippen molar-refractivity contribution in [3.8, 4) is 89.5 Å². The van der Waals surface area contributed by atoms with E-state index in [1.54, 1.807) is 0 Å². The lowest BCUT2D eigenvalue weighted by molar-refractivity contribution is 0.660. The van der Waals surface area contributed by atoms with Crippen molar-refractivity contribution in [2.24, 2.45) is 0 Å². The molecule has 0 saturated heterocycles. The molecule has 0 atom stereocenters. The van der Waals surface area contributed by atoms with Gasteiger partial charge in [-0.3, -0.25) is 0 Å². The topological polar surface area (TPSA) is 25.8 Å². The van der Waals surface area contributed by atoms with E-state index in [4.69, 9.17) is 9.97 Å². The Balaban J connectivity index is 1.04. The molecule has 0 aliphatic heterocycles. The van der Waals surface area contributed by atoms with Crippen molar-refractivity contribution in [3.05, 3.63) is 217 Å². The van der Waals surface area contributed by atoms with Gasteiger partial charge < -0.3 is 0 Å². The van der Waals surface area contributed by atoms with Crippen LogP contribution >= 0.6 is 0 Å². The van der Waals surface area contributed by atoms with E-state index < -0.39 is 0 Å². The zero-order valence-electron chi connectivity index (χ0n) is 32.0. The summed E-state index contributed by atoms with van der Waals surface area (Å²) in [5.74, 6) is 0.707. The first kappa shape index (κ1) is 34.3. The second kappa shape index (κ2) is 14.2. The predicted octanol–water partition coefficient (Wildman–Crippen LogP) is 14.5. The molecule has 0 saturated carbocycles. The number of hydrogen-bond acceptors (Lipinski definition) is 2. The highest BCUT2D eigenvalue weighted by Gasteiger charge is 2.36. The molecule has 0 fully saturated rings. The molecule has 0 amide bonds. The number of rotatable bonds is 7. The summed E-state index contributed by atoms with van der Waals surface area (Å²) in [7, 11) is 0. The van der Waals surface area contributed by atoms with E-state index in [2.05, 4.69) is 208 Å². The highest BCUT2D eigenvalue weighted by molar-refractivity contribution is 5.93. The molecule has 10 rings (SSSR count). The molecule has 0 unspecified atom stereocenters. The molecule has 0 bridgehead atoms. The van der Waals surface area contributed by atoms with Gasteiger partial charge in [-0.1, -0.05) is 196 Å². The standard InChI is InChI=1S/C55H40N2/c1-55(2)50-24-13-12-23-46(50)49-34-47(40-29-25-38(26-30-40)37-15-6-3-7-16-37)48(35-51(49)55)41-31-27-39(28-32-41)44-21-14-22-45(33-44)54-56-52(42-17-8-4-9-18-42)36-53(57-54)43-19-10-5-11-20-43/h3-36H,1-2H3. The molecule has 57 heavy (non-hydrogen) atoms. The minimum Gasteiger partial charge on any atom is -0.228 e. The molecule has 1 aromatic heterocycles. The molecule has 9 aromatic rings. The smallest absolute Gasteiger partial charge is 0.160 e. The third kappa shape index (κ3) is 6.36. The Bertz CT molecular complexity index is 2820. The van der Waals surface area contributed by atoms with Gasteiger partial charge in [-0.25, -0.2) is 9.97 Å².